The van der Waals surface area contributed by atoms with E-state index in [-0.39, 0.29) is 0 Å². The number of ether oxygens (including phenoxy) is 3. The maximum absolute atomic E-state index is 7.01. The topological polar surface area (TPSA) is 27.7 Å². The van der Waals surface area contributed by atoms with Crippen LogP contribution in [0.2, 0.25) is 0 Å². The second kappa shape index (κ2) is 31.4. The molecule has 1 aliphatic heterocycles. The average molecular weight is 1020 g/mol. The predicted octanol–water partition coefficient (Wildman–Crippen LogP) is 20.5. The molecule has 0 unspecified atom stereocenters. The molecule has 7 rings (SSSR count). The van der Waals surface area contributed by atoms with Crippen LogP contribution >= 0.6 is 29.9 Å². The van der Waals surface area contributed by atoms with Crippen molar-refractivity contribution in [1.29, 1.82) is 0 Å². The average Bonchev–Trinajstić information content (AvgIpc) is 4.06. The Morgan fingerprint density at radius 2 is 0.704 bits per heavy atom. The first kappa shape index (κ1) is 55.4. The van der Waals surface area contributed by atoms with Crippen molar-refractivity contribution in [2.24, 2.45) is 0 Å². The molecule has 0 atom stereocenters. The Morgan fingerprint density at radius 1 is 0.366 bits per heavy atom. The van der Waals surface area contributed by atoms with Gasteiger partial charge in [0.2, 0.25) is 5.75 Å². The normalized spacial score (nSPS) is 12.8. The Morgan fingerprint density at radius 3 is 1.10 bits per heavy atom. The van der Waals surface area contributed by atoms with Crippen molar-refractivity contribution in [3.8, 4) is 27.0 Å². The zero-order valence-corrected chi connectivity index (χ0v) is 47.2. The first-order chi connectivity index (χ1) is 35.2. The van der Waals surface area contributed by atoms with Crippen molar-refractivity contribution in [2.75, 3.05) is 19.8 Å². The van der Waals surface area contributed by atoms with E-state index in [1.165, 1.54) is 214 Å². The van der Waals surface area contributed by atoms with Crippen LogP contribution in [0.5, 0.6) is 17.2 Å². The third-order valence-corrected chi connectivity index (χ3v) is 22.3. The number of unbranched alkanes of at least 4 members (excludes halogenated alkanes) is 27. The monoisotopic (exact) mass is 1020 g/mol. The van der Waals surface area contributed by atoms with Crippen molar-refractivity contribution >= 4 is 66.0 Å². The molecule has 0 N–H and O–H groups in total. The van der Waals surface area contributed by atoms with Crippen LogP contribution in [0.15, 0.2) is 91.0 Å². The van der Waals surface area contributed by atoms with Crippen LogP contribution in [0.4, 0.5) is 0 Å². The Kier molecular flexibility index (Phi) is 24.5. The summed E-state index contributed by atoms with van der Waals surface area (Å²) >= 11 is 4.00. The third kappa shape index (κ3) is 15.8. The van der Waals surface area contributed by atoms with E-state index < -0.39 is 7.26 Å². The second-order valence-corrected chi connectivity index (χ2v) is 26.3. The largest absolute Gasteiger partial charge is 0.490 e. The maximum atomic E-state index is 7.01. The zero-order valence-electron chi connectivity index (χ0n) is 44.7. The lowest BCUT2D eigenvalue weighted by atomic mass is 10.1. The van der Waals surface area contributed by atoms with Gasteiger partial charge >= 0.3 is 0 Å². The van der Waals surface area contributed by atoms with E-state index in [9.17, 15) is 0 Å². The van der Waals surface area contributed by atoms with Gasteiger partial charge in [0.1, 0.15) is 23.2 Å². The minimum Gasteiger partial charge on any atom is -0.490 e. The fourth-order valence-corrected chi connectivity index (χ4v) is 19.7. The Labute approximate surface area is 440 Å². The van der Waals surface area contributed by atoms with Gasteiger partial charge in [0, 0.05) is 20.2 Å². The highest BCUT2D eigenvalue weighted by atomic mass is 32.1. The number of benzene rings is 4. The summed E-state index contributed by atoms with van der Waals surface area (Å²) in [4.78, 5) is 2.96. The van der Waals surface area contributed by atoms with Gasteiger partial charge in [0.05, 0.1) is 35.7 Å². The molecule has 3 heterocycles. The molecule has 0 bridgehead atoms. The minimum absolute atomic E-state index is 0.689. The van der Waals surface area contributed by atoms with E-state index >= 15 is 0 Å². The number of fused-ring (bicyclic) bond motifs is 7. The lowest BCUT2D eigenvalue weighted by Gasteiger charge is -2.26. The van der Waals surface area contributed by atoms with E-state index in [2.05, 4.69) is 112 Å². The van der Waals surface area contributed by atoms with E-state index in [1.807, 2.05) is 22.7 Å². The third-order valence-electron chi connectivity index (χ3n) is 15.1. The summed E-state index contributed by atoms with van der Waals surface area (Å²) in [5.41, 5.74) is 1.29. The second-order valence-electron chi connectivity index (χ2n) is 20.9. The van der Waals surface area contributed by atoms with E-state index in [4.69, 9.17) is 14.2 Å². The molecule has 0 amide bonds. The molecule has 6 heteroatoms. The van der Waals surface area contributed by atoms with Crippen molar-refractivity contribution in [3.05, 3.63) is 96.6 Å². The molecule has 0 saturated heterocycles. The molecule has 2 aromatic heterocycles. The Bertz CT molecular complexity index is 2270. The molecule has 0 saturated carbocycles. The summed E-state index contributed by atoms with van der Waals surface area (Å²) in [6.45, 7) is 9.00. The highest BCUT2D eigenvalue weighted by Crippen LogP contribution is 2.70. The molecule has 0 spiro atoms. The van der Waals surface area contributed by atoms with Crippen molar-refractivity contribution in [2.45, 2.75) is 220 Å². The van der Waals surface area contributed by atoms with Crippen LogP contribution in [-0.4, -0.2) is 19.8 Å². The lowest BCUT2D eigenvalue weighted by molar-refractivity contribution is 0.234. The van der Waals surface area contributed by atoms with Crippen LogP contribution in [-0.2, 0) is 6.16 Å². The first-order valence-corrected chi connectivity index (χ1v) is 32.8. The van der Waals surface area contributed by atoms with Gasteiger partial charge in [-0.3, -0.25) is 0 Å². The van der Waals surface area contributed by atoms with Crippen LogP contribution in [0.25, 0.3) is 29.9 Å². The summed E-state index contributed by atoms with van der Waals surface area (Å²) in [5, 5.41) is 7.43. The zero-order chi connectivity index (χ0) is 49.2. The molecule has 0 aliphatic carbocycles. The predicted molar refractivity (Wildman–Crippen MR) is 317 cm³/mol. The summed E-state index contributed by atoms with van der Waals surface area (Å²) < 4.78 is 23.7. The molecule has 3 nitrogen and oxygen atoms in total. The Hall–Kier alpha value is -3.37. The molecular formula is C65H92O3PS2+. The fourth-order valence-electron chi connectivity index (χ4n) is 11.1. The molecule has 4 aromatic carbocycles. The van der Waals surface area contributed by atoms with Gasteiger partial charge in [0.15, 0.2) is 11.5 Å². The van der Waals surface area contributed by atoms with Crippen molar-refractivity contribution < 1.29 is 14.2 Å². The van der Waals surface area contributed by atoms with Crippen LogP contribution in [0, 0.1) is 0 Å². The number of rotatable bonds is 39. The molecule has 0 fully saturated rings. The quantitative estimate of drug-likeness (QED) is 0.0284. The van der Waals surface area contributed by atoms with E-state index in [0.717, 1.165) is 42.7 Å². The summed E-state index contributed by atoms with van der Waals surface area (Å²) in [7, 11) is -2.24. The highest BCUT2D eigenvalue weighted by Gasteiger charge is 2.57. The summed E-state index contributed by atoms with van der Waals surface area (Å²) in [5.74, 6) is 2.57. The van der Waals surface area contributed by atoms with Crippen LogP contribution in [0.1, 0.15) is 219 Å². The maximum Gasteiger partial charge on any atom is 0.203 e. The van der Waals surface area contributed by atoms with E-state index in [0.29, 0.717) is 19.8 Å². The smallest absolute Gasteiger partial charge is 0.203 e. The highest BCUT2D eigenvalue weighted by molar-refractivity contribution is 7.97. The number of thiophene rings is 2. The fraction of sp³-hybridized carbons (Fsp3) is 0.569. The minimum atomic E-state index is -2.24. The van der Waals surface area contributed by atoms with Gasteiger partial charge in [-0.1, -0.05) is 237 Å². The summed E-state index contributed by atoms with van der Waals surface area (Å²) in [6, 6.07) is 34.7. The molecule has 386 valence electrons. The molecule has 1 aliphatic rings. The van der Waals surface area contributed by atoms with Gasteiger partial charge < -0.3 is 14.2 Å². The van der Waals surface area contributed by atoms with Crippen molar-refractivity contribution in [1.82, 2.24) is 0 Å². The van der Waals surface area contributed by atoms with Gasteiger partial charge in [-0.25, -0.2) is 0 Å². The molecular weight excluding hydrogens is 924 g/mol. The standard InChI is InChI=1S/C65H92O3PS2/c1-4-7-10-13-16-19-22-25-28-38-47-66-57-50-53(51-58(67-48-39-29-26-23-20-17-14-11-8-5-2)61(57)68-49-40-30-27-24-21-18-15-12-9-6-3)52-69(54-41-32-31-33-42-54)62-55-43-34-36-45-59(55)70-64(62)65-63(69)56-44-35-37-46-60(56)71-65/h31-37,41-46,50-51H,4-30,38-40,47-49,52H2,1-3H3/q+1. The number of hydrogen-bond acceptors (Lipinski definition) is 5. The molecule has 71 heavy (non-hydrogen) atoms. The van der Waals surface area contributed by atoms with Gasteiger partial charge in [-0.15, -0.1) is 22.7 Å². The SMILES string of the molecule is CCCCCCCCCCCCOc1cc(C[P+]2(c3ccccc3)c3c(sc4ccccc34)-c3sc4ccccc4c32)cc(OCCCCCCCCCCCC)c1OCCCCCCCCCCCC. The number of hydrogen-bond donors (Lipinski definition) is 0. The lowest BCUT2D eigenvalue weighted by Crippen LogP contribution is -2.29. The summed E-state index contributed by atoms with van der Waals surface area (Å²) in [6.07, 6.45) is 40.2. The van der Waals surface area contributed by atoms with E-state index in [1.54, 1.807) is 10.6 Å². The van der Waals surface area contributed by atoms with Gasteiger partial charge in [-0.05, 0) is 73.4 Å². The Balaban J connectivity index is 1.17. The molecule has 6 aromatic rings. The van der Waals surface area contributed by atoms with Crippen LogP contribution < -0.4 is 30.1 Å². The van der Waals surface area contributed by atoms with Crippen molar-refractivity contribution in [3.63, 3.8) is 0 Å². The van der Waals surface area contributed by atoms with Gasteiger partial charge in [-0.2, -0.15) is 0 Å². The first-order valence-electron chi connectivity index (χ1n) is 29.2. The molecule has 0 radical (unpaired) electrons. The van der Waals surface area contributed by atoms with Gasteiger partial charge in [0.25, 0.3) is 0 Å². The van der Waals surface area contributed by atoms with Crippen LogP contribution in [0.3, 0.4) is 0 Å².